The zero-order valence-electron chi connectivity index (χ0n) is 7.23. The van der Waals surface area contributed by atoms with E-state index >= 15 is 0 Å². The standard InChI is InChI=1S/C8H8N4OS/c13-8(3-6-4-9-5-14-6)11-7-1-2-10-12-7/h1-2,4-5H,3H2,(H2,10,11,12,13). The first-order valence-corrected chi connectivity index (χ1v) is 4.89. The predicted octanol–water partition coefficient (Wildman–Crippen LogP) is 1.05. The van der Waals surface area contributed by atoms with Gasteiger partial charge in [0.2, 0.25) is 5.91 Å². The molecule has 72 valence electrons. The van der Waals surface area contributed by atoms with Crippen molar-refractivity contribution in [2.45, 2.75) is 6.42 Å². The van der Waals surface area contributed by atoms with Gasteiger partial charge in [0.1, 0.15) is 5.82 Å². The molecule has 6 heteroatoms. The van der Waals surface area contributed by atoms with E-state index in [0.29, 0.717) is 12.2 Å². The average Bonchev–Trinajstić information content (AvgIpc) is 2.76. The Morgan fingerprint density at radius 2 is 2.57 bits per heavy atom. The second kappa shape index (κ2) is 4.01. The summed E-state index contributed by atoms with van der Waals surface area (Å²) in [6.07, 6.45) is 3.63. The van der Waals surface area contributed by atoms with Crippen LogP contribution in [0.2, 0.25) is 0 Å². The Kier molecular flexibility index (Phi) is 2.55. The Labute approximate surface area is 84.2 Å². The highest BCUT2D eigenvalue weighted by Crippen LogP contribution is 2.07. The number of H-pyrrole nitrogens is 1. The highest BCUT2D eigenvalue weighted by Gasteiger charge is 2.05. The number of thiazole rings is 1. The van der Waals surface area contributed by atoms with Crippen molar-refractivity contribution >= 4 is 23.1 Å². The Morgan fingerprint density at radius 3 is 3.21 bits per heavy atom. The number of nitrogens with zero attached hydrogens (tertiary/aromatic N) is 2. The number of aromatic nitrogens is 3. The fourth-order valence-corrected chi connectivity index (χ4v) is 1.60. The number of aromatic amines is 1. The molecule has 0 saturated heterocycles. The van der Waals surface area contributed by atoms with Crippen molar-refractivity contribution in [2.75, 3.05) is 5.32 Å². The van der Waals surface area contributed by atoms with Crippen LogP contribution in [0.15, 0.2) is 24.0 Å². The molecule has 0 spiro atoms. The molecule has 2 heterocycles. The van der Waals surface area contributed by atoms with E-state index in [-0.39, 0.29) is 5.91 Å². The lowest BCUT2D eigenvalue weighted by Gasteiger charge is -1.99. The molecule has 0 atom stereocenters. The van der Waals surface area contributed by atoms with Crippen molar-refractivity contribution in [1.82, 2.24) is 15.2 Å². The molecule has 1 amide bonds. The summed E-state index contributed by atoms with van der Waals surface area (Å²) in [6.45, 7) is 0. The predicted molar refractivity (Wildman–Crippen MR) is 53.0 cm³/mol. The molecule has 0 aliphatic heterocycles. The molecule has 0 bridgehead atoms. The lowest BCUT2D eigenvalue weighted by Crippen LogP contribution is -2.13. The van der Waals surface area contributed by atoms with Crippen LogP contribution in [0.3, 0.4) is 0 Å². The van der Waals surface area contributed by atoms with E-state index in [1.165, 1.54) is 11.3 Å². The van der Waals surface area contributed by atoms with Gasteiger partial charge in [0.25, 0.3) is 0 Å². The molecule has 0 aliphatic carbocycles. The maximum atomic E-state index is 11.4. The zero-order chi connectivity index (χ0) is 9.80. The summed E-state index contributed by atoms with van der Waals surface area (Å²) in [6, 6.07) is 1.70. The number of rotatable bonds is 3. The van der Waals surface area contributed by atoms with E-state index in [1.54, 1.807) is 24.0 Å². The molecular formula is C8H8N4OS. The van der Waals surface area contributed by atoms with Crippen LogP contribution in [-0.2, 0) is 11.2 Å². The van der Waals surface area contributed by atoms with Gasteiger partial charge in [-0.05, 0) is 0 Å². The number of anilines is 1. The van der Waals surface area contributed by atoms with E-state index in [0.717, 1.165) is 4.88 Å². The quantitative estimate of drug-likeness (QED) is 0.792. The Bertz CT molecular complexity index is 357. The first-order valence-electron chi connectivity index (χ1n) is 4.01. The molecule has 0 aromatic carbocycles. The van der Waals surface area contributed by atoms with Crippen LogP contribution in [0.1, 0.15) is 4.88 Å². The Balaban J connectivity index is 1.91. The molecule has 0 fully saturated rings. The van der Waals surface area contributed by atoms with Crippen LogP contribution in [-0.4, -0.2) is 21.1 Å². The van der Waals surface area contributed by atoms with Crippen molar-refractivity contribution in [3.05, 3.63) is 28.8 Å². The Hall–Kier alpha value is -1.69. The fraction of sp³-hybridized carbons (Fsp3) is 0.125. The van der Waals surface area contributed by atoms with Gasteiger partial charge < -0.3 is 5.32 Å². The second-order valence-electron chi connectivity index (χ2n) is 2.66. The SMILES string of the molecule is O=C(Cc1cncs1)Nc1ccn[nH]1. The number of hydrogen-bond acceptors (Lipinski definition) is 4. The van der Waals surface area contributed by atoms with Gasteiger partial charge in [-0.3, -0.25) is 14.9 Å². The second-order valence-corrected chi connectivity index (χ2v) is 3.63. The summed E-state index contributed by atoms with van der Waals surface area (Å²) in [5.41, 5.74) is 1.71. The average molecular weight is 208 g/mol. The maximum Gasteiger partial charge on any atom is 0.230 e. The lowest BCUT2D eigenvalue weighted by atomic mass is 10.3. The summed E-state index contributed by atoms with van der Waals surface area (Å²) in [7, 11) is 0. The fourth-order valence-electron chi connectivity index (χ4n) is 1.01. The summed E-state index contributed by atoms with van der Waals surface area (Å²) in [4.78, 5) is 16.2. The van der Waals surface area contributed by atoms with Crippen LogP contribution in [0.4, 0.5) is 5.82 Å². The number of carbonyl (C=O) groups is 1. The third kappa shape index (κ3) is 2.17. The van der Waals surface area contributed by atoms with E-state index in [2.05, 4.69) is 20.5 Å². The van der Waals surface area contributed by atoms with Gasteiger partial charge in [-0.25, -0.2) is 0 Å². The van der Waals surface area contributed by atoms with Crippen LogP contribution >= 0.6 is 11.3 Å². The summed E-state index contributed by atoms with van der Waals surface area (Å²) >= 11 is 1.47. The lowest BCUT2D eigenvalue weighted by molar-refractivity contribution is -0.115. The molecule has 2 aromatic rings. The largest absolute Gasteiger partial charge is 0.311 e. The number of amides is 1. The van der Waals surface area contributed by atoms with E-state index in [9.17, 15) is 4.79 Å². The van der Waals surface area contributed by atoms with Crippen molar-refractivity contribution < 1.29 is 4.79 Å². The minimum absolute atomic E-state index is 0.0708. The topological polar surface area (TPSA) is 70.7 Å². The monoisotopic (exact) mass is 208 g/mol. The maximum absolute atomic E-state index is 11.4. The van der Waals surface area contributed by atoms with Gasteiger partial charge in [0.05, 0.1) is 18.1 Å². The smallest absolute Gasteiger partial charge is 0.230 e. The molecule has 0 saturated carbocycles. The first-order chi connectivity index (χ1) is 6.84. The minimum atomic E-state index is -0.0708. The molecule has 2 aromatic heterocycles. The Morgan fingerprint density at radius 1 is 1.64 bits per heavy atom. The zero-order valence-corrected chi connectivity index (χ0v) is 8.04. The third-order valence-electron chi connectivity index (χ3n) is 1.59. The summed E-state index contributed by atoms with van der Waals surface area (Å²) in [5.74, 6) is 0.540. The van der Waals surface area contributed by atoms with Crippen LogP contribution in [0.25, 0.3) is 0 Å². The molecule has 2 rings (SSSR count). The van der Waals surface area contributed by atoms with Crippen molar-refractivity contribution in [2.24, 2.45) is 0 Å². The van der Waals surface area contributed by atoms with Crippen LogP contribution in [0, 0.1) is 0 Å². The van der Waals surface area contributed by atoms with Gasteiger partial charge in [-0.2, -0.15) is 5.10 Å². The summed E-state index contributed by atoms with van der Waals surface area (Å²) in [5, 5.41) is 9.06. The van der Waals surface area contributed by atoms with E-state index in [4.69, 9.17) is 0 Å². The minimum Gasteiger partial charge on any atom is -0.311 e. The molecule has 0 unspecified atom stereocenters. The van der Waals surface area contributed by atoms with Crippen LogP contribution < -0.4 is 5.32 Å². The van der Waals surface area contributed by atoms with Gasteiger partial charge in [-0.15, -0.1) is 11.3 Å². The van der Waals surface area contributed by atoms with E-state index < -0.39 is 0 Å². The van der Waals surface area contributed by atoms with Gasteiger partial charge in [0, 0.05) is 17.1 Å². The van der Waals surface area contributed by atoms with Gasteiger partial charge >= 0.3 is 0 Å². The van der Waals surface area contributed by atoms with Gasteiger partial charge in [0.15, 0.2) is 0 Å². The van der Waals surface area contributed by atoms with Crippen molar-refractivity contribution in [1.29, 1.82) is 0 Å². The molecule has 5 nitrogen and oxygen atoms in total. The normalized spacial score (nSPS) is 10.0. The number of carbonyl (C=O) groups excluding carboxylic acids is 1. The van der Waals surface area contributed by atoms with E-state index in [1.807, 2.05) is 0 Å². The van der Waals surface area contributed by atoms with Gasteiger partial charge in [-0.1, -0.05) is 0 Å². The van der Waals surface area contributed by atoms with Crippen molar-refractivity contribution in [3.8, 4) is 0 Å². The molecule has 0 aliphatic rings. The third-order valence-corrected chi connectivity index (χ3v) is 2.37. The summed E-state index contributed by atoms with van der Waals surface area (Å²) < 4.78 is 0. The molecule has 2 N–H and O–H groups in total. The number of nitrogens with one attached hydrogen (secondary N) is 2. The highest BCUT2D eigenvalue weighted by molar-refractivity contribution is 7.09. The molecule has 0 radical (unpaired) electrons. The highest BCUT2D eigenvalue weighted by atomic mass is 32.1. The molecule has 14 heavy (non-hydrogen) atoms. The molecular weight excluding hydrogens is 200 g/mol. The van der Waals surface area contributed by atoms with Crippen molar-refractivity contribution in [3.63, 3.8) is 0 Å². The number of hydrogen-bond donors (Lipinski definition) is 2. The first kappa shape index (κ1) is 8.89. The van der Waals surface area contributed by atoms with Crippen LogP contribution in [0.5, 0.6) is 0 Å².